The van der Waals surface area contributed by atoms with Crippen LogP contribution in [-0.4, -0.2) is 57.7 Å². The molecule has 1 aliphatic rings. The predicted molar refractivity (Wildman–Crippen MR) is 108 cm³/mol. The van der Waals surface area contributed by atoms with Crippen molar-refractivity contribution in [1.29, 1.82) is 0 Å². The van der Waals surface area contributed by atoms with Crippen LogP contribution in [0.2, 0.25) is 0 Å². The molecule has 0 saturated carbocycles. The van der Waals surface area contributed by atoms with Crippen molar-refractivity contribution in [1.82, 2.24) is 19.5 Å². The van der Waals surface area contributed by atoms with E-state index in [1.807, 2.05) is 66.7 Å². The minimum atomic E-state index is -0.508. The minimum Gasteiger partial charge on any atom is -0.481 e. The van der Waals surface area contributed by atoms with Gasteiger partial charge < -0.3 is 14.5 Å². The summed E-state index contributed by atoms with van der Waals surface area (Å²) < 4.78 is 7.76. The average Bonchev–Trinajstić information content (AvgIpc) is 3.09. The average molecular weight is 379 g/mol. The number of benzene rings is 1. The van der Waals surface area contributed by atoms with Crippen LogP contribution >= 0.6 is 0 Å². The molecule has 0 aliphatic carbocycles. The van der Waals surface area contributed by atoms with Gasteiger partial charge in [-0.05, 0) is 38.5 Å². The number of carbonyl (C=O) groups is 1. The van der Waals surface area contributed by atoms with Gasteiger partial charge in [-0.2, -0.15) is 5.10 Å². The van der Waals surface area contributed by atoms with Crippen molar-refractivity contribution in [2.45, 2.75) is 26.9 Å². The van der Waals surface area contributed by atoms with Crippen LogP contribution in [-0.2, 0) is 4.79 Å². The Labute approximate surface area is 164 Å². The van der Waals surface area contributed by atoms with E-state index in [1.165, 1.54) is 0 Å². The Balaban J connectivity index is 1.40. The molecule has 1 atom stereocenters. The van der Waals surface area contributed by atoms with E-state index >= 15 is 0 Å². The van der Waals surface area contributed by atoms with E-state index in [4.69, 9.17) is 4.74 Å². The predicted octanol–water partition coefficient (Wildman–Crippen LogP) is 2.46. The van der Waals surface area contributed by atoms with E-state index < -0.39 is 6.10 Å². The van der Waals surface area contributed by atoms with Gasteiger partial charge in [0.1, 0.15) is 11.3 Å². The first-order valence-corrected chi connectivity index (χ1v) is 9.60. The number of nitrogens with zero attached hydrogens (tertiary/aromatic N) is 5. The molecule has 28 heavy (non-hydrogen) atoms. The number of hydrogen-bond acceptors (Lipinski definition) is 5. The molecule has 2 aromatic heterocycles. The summed E-state index contributed by atoms with van der Waals surface area (Å²) in [7, 11) is 0. The monoisotopic (exact) mass is 379 g/mol. The van der Waals surface area contributed by atoms with E-state index in [9.17, 15) is 4.79 Å². The maximum Gasteiger partial charge on any atom is 0.263 e. The fraction of sp³-hybridized carbons (Fsp3) is 0.381. The lowest BCUT2D eigenvalue weighted by Crippen LogP contribution is -2.52. The van der Waals surface area contributed by atoms with Crippen LogP contribution in [0.1, 0.15) is 18.2 Å². The van der Waals surface area contributed by atoms with Gasteiger partial charge in [-0.3, -0.25) is 4.79 Å². The lowest BCUT2D eigenvalue weighted by molar-refractivity contribution is -0.138. The molecule has 146 valence electrons. The van der Waals surface area contributed by atoms with Gasteiger partial charge in [0.25, 0.3) is 5.91 Å². The molecular formula is C21H25N5O2. The zero-order valence-corrected chi connectivity index (χ0v) is 16.5. The molecule has 0 bridgehead atoms. The van der Waals surface area contributed by atoms with Crippen molar-refractivity contribution in [3.63, 3.8) is 0 Å². The summed E-state index contributed by atoms with van der Waals surface area (Å²) in [6, 6.07) is 9.81. The first kappa shape index (κ1) is 18.3. The van der Waals surface area contributed by atoms with Gasteiger partial charge in [-0.1, -0.05) is 18.2 Å². The number of piperazine rings is 1. The van der Waals surface area contributed by atoms with E-state index in [1.54, 1.807) is 6.20 Å². The zero-order chi connectivity index (χ0) is 19.7. The Morgan fingerprint density at radius 1 is 1.14 bits per heavy atom. The number of fused-ring (bicyclic) bond motifs is 1. The van der Waals surface area contributed by atoms with Crippen molar-refractivity contribution in [3.8, 4) is 5.75 Å². The number of aromatic nitrogens is 3. The van der Waals surface area contributed by atoms with Crippen LogP contribution in [0.15, 0.2) is 42.7 Å². The van der Waals surface area contributed by atoms with Crippen LogP contribution in [0.25, 0.3) is 5.52 Å². The summed E-state index contributed by atoms with van der Waals surface area (Å²) >= 11 is 0. The van der Waals surface area contributed by atoms with Crippen molar-refractivity contribution >= 4 is 17.2 Å². The summed E-state index contributed by atoms with van der Waals surface area (Å²) in [5.41, 5.74) is 2.99. The normalized spacial score (nSPS) is 15.7. The fourth-order valence-corrected chi connectivity index (χ4v) is 3.60. The summed E-state index contributed by atoms with van der Waals surface area (Å²) in [5, 5.41) is 4.45. The molecule has 7 nitrogen and oxygen atoms in total. The largest absolute Gasteiger partial charge is 0.481 e. The fourth-order valence-electron chi connectivity index (χ4n) is 3.60. The van der Waals surface area contributed by atoms with Gasteiger partial charge in [0.2, 0.25) is 0 Å². The number of rotatable bonds is 4. The number of carbonyl (C=O) groups excluding carboxylic acids is 1. The molecule has 1 saturated heterocycles. The van der Waals surface area contributed by atoms with Crippen LogP contribution in [0, 0.1) is 13.8 Å². The molecule has 0 radical (unpaired) electrons. The maximum absolute atomic E-state index is 12.8. The molecule has 7 heteroatoms. The first-order valence-electron chi connectivity index (χ1n) is 9.60. The lowest BCUT2D eigenvalue weighted by atomic mass is 10.2. The third-order valence-electron chi connectivity index (χ3n) is 5.13. The van der Waals surface area contributed by atoms with Crippen LogP contribution in [0.5, 0.6) is 5.75 Å². The summed E-state index contributed by atoms with van der Waals surface area (Å²) in [4.78, 5) is 21.5. The van der Waals surface area contributed by atoms with Gasteiger partial charge in [-0.25, -0.2) is 9.50 Å². The first-order chi connectivity index (χ1) is 13.5. The molecule has 1 aliphatic heterocycles. The van der Waals surface area contributed by atoms with Crippen molar-refractivity contribution in [2.75, 3.05) is 31.1 Å². The number of amides is 1. The lowest BCUT2D eigenvalue weighted by Gasteiger charge is -2.36. The Bertz CT molecular complexity index is 991. The Hall–Kier alpha value is -3.09. The Morgan fingerprint density at radius 2 is 1.89 bits per heavy atom. The molecule has 1 amide bonds. The van der Waals surface area contributed by atoms with Gasteiger partial charge in [0.05, 0.1) is 5.69 Å². The number of aryl methyl sites for hydroxylation is 2. The molecule has 3 heterocycles. The van der Waals surface area contributed by atoms with E-state index in [2.05, 4.69) is 15.0 Å². The summed E-state index contributed by atoms with van der Waals surface area (Å²) in [5.74, 6) is 1.70. The standard InChI is InChI=1S/C21H25N5O2/c1-15-6-4-5-7-19(15)28-17(3)21(27)25-12-10-24(11-13-25)20-18-14-16(2)23-26(18)9-8-22-20/h4-9,14,17H,10-13H2,1-3H3. The van der Waals surface area contributed by atoms with Crippen molar-refractivity contribution in [2.24, 2.45) is 0 Å². The molecular weight excluding hydrogens is 354 g/mol. The van der Waals surface area contributed by atoms with E-state index in [0.717, 1.165) is 41.4 Å². The highest BCUT2D eigenvalue weighted by Crippen LogP contribution is 2.22. The number of anilines is 1. The zero-order valence-electron chi connectivity index (χ0n) is 16.5. The molecule has 0 spiro atoms. The molecule has 1 unspecified atom stereocenters. The summed E-state index contributed by atoms with van der Waals surface area (Å²) in [6.45, 7) is 8.55. The molecule has 0 N–H and O–H groups in total. The summed E-state index contributed by atoms with van der Waals surface area (Å²) in [6.07, 6.45) is 3.12. The minimum absolute atomic E-state index is 0.0225. The second kappa shape index (κ2) is 7.50. The van der Waals surface area contributed by atoms with Gasteiger partial charge in [0.15, 0.2) is 11.9 Å². The molecule has 1 aromatic carbocycles. The van der Waals surface area contributed by atoms with Gasteiger partial charge in [0, 0.05) is 38.6 Å². The quantitative estimate of drug-likeness (QED) is 0.697. The van der Waals surface area contributed by atoms with E-state index in [0.29, 0.717) is 13.1 Å². The van der Waals surface area contributed by atoms with Crippen molar-refractivity contribution < 1.29 is 9.53 Å². The SMILES string of the molecule is Cc1cc2c(N3CCN(C(=O)C(C)Oc4ccccc4C)CC3)nccn2n1. The third-order valence-corrected chi connectivity index (χ3v) is 5.13. The molecule has 3 aromatic rings. The maximum atomic E-state index is 12.8. The smallest absolute Gasteiger partial charge is 0.263 e. The number of ether oxygens (including phenoxy) is 1. The topological polar surface area (TPSA) is 63.0 Å². The van der Waals surface area contributed by atoms with Crippen LogP contribution in [0.4, 0.5) is 5.82 Å². The molecule has 4 rings (SSSR count). The van der Waals surface area contributed by atoms with E-state index in [-0.39, 0.29) is 5.91 Å². The number of hydrogen-bond donors (Lipinski definition) is 0. The number of para-hydroxylation sites is 1. The highest BCUT2D eigenvalue weighted by molar-refractivity contribution is 5.81. The Kier molecular flexibility index (Phi) is 4.90. The van der Waals surface area contributed by atoms with Crippen molar-refractivity contribution in [3.05, 3.63) is 54.0 Å². The Morgan fingerprint density at radius 3 is 2.64 bits per heavy atom. The molecule has 1 fully saturated rings. The van der Waals surface area contributed by atoms with Crippen LogP contribution in [0.3, 0.4) is 0 Å². The second-order valence-electron chi connectivity index (χ2n) is 7.20. The highest BCUT2D eigenvalue weighted by Gasteiger charge is 2.27. The second-order valence-corrected chi connectivity index (χ2v) is 7.20. The highest BCUT2D eigenvalue weighted by atomic mass is 16.5. The van der Waals surface area contributed by atoms with Crippen LogP contribution < -0.4 is 9.64 Å². The van der Waals surface area contributed by atoms with Gasteiger partial charge in [-0.15, -0.1) is 0 Å². The van der Waals surface area contributed by atoms with Gasteiger partial charge >= 0.3 is 0 Å². The third kappa shape index (κ3) is 3.52.